The van der Waals surface area contributed by atoms with Crippen molar-refractivity contribution in [2.75, 3.05) is 19.7 Å². The molecule has 2 aromatic carbocycles. The molecule has 0 atom stereocenters. The number of hydrogen-bond acceptors (Lipinski definition) is 4. The van der Waals surface area contributed by atoms with Crippen LogP contribution in [0.25, 0.3) is 0 Å². The van der Waals surface area contributed by atoms with Gasteiger partial charge in [0.25, 0.3) is 5.91 Å². The van der Waals surface area contributed by atoms with E-state index in [1.165, 1.54) is 12.1 Å². The summed E-state index contributed by atoms with van der Waals surface area (Å²) in [6.45, 7) is 7.08. The second-order valence-electron chi connectivity index (χ2n) is 8.67. The molecule has 0 bridgehead atoms. The number of aryl methyl sites for hydroxylation is 1. The zero-order chi connectivity index (χ0) is 24.5. The van der Waals surface area contributed by atoms with E-state index in [4.69, 9.17) is 4.74 Å². The van der Waals surface area contributed by atoms with Crippen molar-refractivity contribution in [3.63, 3.8) is 0 Å². The quantitative estimate of drug-likeness (QED) is 0.373. The van der Waals surface area contributed by atoms with Crippen molar-refractivity contribution in [1.82, 2.24) is 9.80 Å². The fraction of sp³-hybridized carbons (Fsp3) is 0.333. The van der Waals surface area contributed by atoms with Crippen molar-refractivity contribution in [1.29, 1.82) is 0 Å². The van der Waals surface area contributed by atoms with Gasteiger partial charge in [0.15, 0.2) is 6.61 Å². The predicted molar refractivity (Wildman–Crippen MR) is 133 cm³/mol. The fourth-order valence-corrected chi connectivity index (χ4v) is 4.41. The molecule has 0 spiro atoms. The summed E-state index contributed by atoms with van der Waals surface area (Å²) in [6.07, 6.45) is 0. The number of nitrogens with zero attached hydrogens (tertiary/aromatic N) is 2. The molecule has 0 unspecified atom stereocenters. The summed E-state index contributed by atoms with van der Waals surface area (Å²) in [5.41, 5.74) is 1.95. The summed E-state index contributed by atoms with van der Waals surface area (Å²) >= 11 is 1.60. The molecule has 0 saturated carbocycles. The summed E-state index contributed by atoms with van der Waals surface area (Å²) in [6, 6.07) is 17.3. The van der Waals surface area contributed by atoms with E-state index in [0.29, 0.717) is 25.4 Å². The summed E-state index contributed by atoms with van der Waals surface area (Å²) in [7, 11) is 0. The van der Waals surface area contributed by atoms with Crippen LogP contribution in [0.2, 0.25) is 0 Å². The highest BCUT2D eigenvalue weighted by Crippen LogP contribution is 2.20. The second-order valence-corrected chi connectivity index (χ2v) is 9.67. The summed E-state index contributed by atoms with van der Waals surface area (Å²) in [4.78, 5) is 30.8. The number of amides is 2. The van der Waals surface area contributed by atoms with Gasteiger partial charge in [0.2, 0.25) is 5.91 Å². The van der Waals surface area contributed by atoms with Gasteiger partial charge in [-0.25, -0.2) is 4.39 Å². The summed E-state index contributed by atoms with van der Waals surface area (Å²) in [5.74, 6) is 0.0879. The normalized spacial score (nSPS) is 10.9. The number of rotatable bonds is 11. The van der Waals surface area contributed by atoms with Crippen LogP contribution in [-0.2, 0) is 22.7 Å². The largest absolute Gasteiger partial charge is 0.484 e. The lowest BCUT2D eigenvalue weighted by atomic mass is 10.2. The Morgan fingerprint density at radius 2 is 1.65 bits per heavy atom. The minimum absolute atomic E-state index is 0.0409. The molecule has 3 aromatic rings. The highest BCUT2D eigenvalue weighted by Gasteiger charge is 2.23. The molecular weight excluding hydrogens is 451 g/mol. The van der Waals surface area contributed by atoms with Crippen LogP contribution in [-0.4, -0.2) is 41.3 Å². The van der Waals surface area contributed by atoms with Crippen LogP contribution in [0, 0.1) is 18.7 Å². The number of halogens is 1. The highest BCUT2D eigenvalue weighted by molar-refractivity contribution is 7.10. The minimum atomic E-state index is -0.317. The van der Waals surface area contributed by atoms with Crippen molar-refractivity contribution in [2.45, 2.75) is 33.9 Å². The Kier molecular flexibility index (Phi) is 9.22. The molecule has 0 N–H and O–H groups in total. The third kappa shape index (κ3) is 7.70. The molecular formula is C27H31FN2O3S. The van der Waals surface area contributed by atoms with Crippen LogP contribution in [0.3, 0.4) is 0 Å². The van der Waals surface area contributed by atoms with Gasteiger partial charge in [0.05, 0.1) is 13.1 Å². The first-order chi connectivity index (χ1) is 16.3. The third-order valence-corrected chi connectivity index (χ3v) is 6.32. The molecule has 2 amide bonds. The number of para-hydroxylation sites is 1. The maximum atomic E-state index is 13.4. The SMILES string of the molecule is Cc1ccsc1CN(Cc1ccc(F)cc1)C(=O)CN(CC(C)C)C(=O)COc1ccccc1. The Balaban J connectivity index is 1.73. The second kappa shape index (κ2) is 12.3. The number of benzene rings is 2. The van der Waals surface area contributed by atoms with Crippen molar-refractivity contribution < 1.29 is 18.7 Å². The van der Waals surface area contributed by atoms with Gasteiger partial charge in [0.1, 0.15) is 11.6 Å². The van der Waals surface area contributed by atoms with E-state index in [9.17, 15) is 14.0 Å². The lowest BCUT2D eigenvalue weighted by Gasteiger charge is -2.29. The molecule has 180 valence electrons. The van der Waals surface area contributed by atoms with Crippen molar-refractivity contribution >= 4 is 23.2 Å². The molecule has 0 aliphatic carbocycles. The highest BCUT2D eigenvalue weighted by atomic mass is 32.1. The smallest absolute Gasteiger partial charge is 0.260 e. The Labute approximate surface area is 204 Å². The van der Waals surface area contributed by atoms with Gasteiger partial charge < -0.3 is 14.5 Å². The Morgan fingerprint density at radius 1 is 0.941 bits per heavy atom. The molecule has 0 aliphatic heterocycles. The molecule has 1 heterocycles. The number of carbonyl (C=O) groups is 2. The third-order valence-electron chi connectivity index (χ3n) is 5.31. The average Bonchev–Trinajstić information content (AvgIpc) is 3.22. The number of hydrogen-bond donors (Lipinski definition) is 0. The van der Waals surface area contributed by atoms with E-state index in [2.05, 4.69) is 0 Å². The standard InChI is InChI=1S/C27H31FN2O3S/c1-20(2)15-29(27(32)19-33-24-7-5-4-6-8-24)18-26(31)30(17-25-21(3)13-14-34-25)16-22-9-11-23(28)12-10-22/h4-14,20H,15-19H2,1-3H3. The van der Waals surface area contributed by atoms with E-state index < -0.39 is 0 Å². The Hall–Kier alpha value is -3.19. The molecule has 0 radical (unpaired) electrons. The van der Waals surface area contributed by atoms with Gasteiger partial charge in [-0.15, -0.1) is 11.3 Å². The lowest BCUT2D eigenvalue weighted by molar-refractivity contribution is -0.142. The van der Waals surface area contributed by atoms with Gasteiger partial charge >= 0.3 is 0 Å². The summed E-state index contributed by atoms with van der Waals surface area (Å²) < 4.78 is 19.0. The molecule has 0 fully saturated rings. The molecule has 7 heteroatoms. The first-order valence-electron chi connectivity index (χ1n) is 11.3. The first kappa shape index (κ1) is 25.4. The fourth-order valence-electron chi connectivity index (χ4n) is 3.49. The van der Waals surface area contributed by atoms with Crippen molar-refractivity contribution in [2.24, 2.45) is 5.92 Å². The van der Waals surface area contributed by atoms with E-state index in [0.717, 1.165) is 16.0 Å². The molecule has 0 aliphatic rings. The Bertz CT molecular complexity index is 1070. The number of thiophene rings is 1. The van der Waals surface area contributed by atoms with Gasteiger partial charge in [-0.2, -0.15) is 0 Å². The molecule has 1 aromatic heterocycles. The van der Waals surface area contributed by atoms with Crippen LogP contribution < -0.4 is 4.74 Å². The predicted octanol–water partition coefficient (Wildman–Crippen LogP) is 5.29. The van der Waals surface area contributed by atoms with Crippen molar-refractivity contribution in [3.05, 3.63) is 87.9 Å². The molecule has 5 nitrogen and oxygen atoms in total. The first-order valence-corrected chi connectivity index (χ1v) is 12.2. The Morgan fingerprint density at radius 3 is 2.26 bits per heavy atom. The molecule has 0 saturated heterocycles. The maximum absolute atomic E-state index is 13.4. The minimum Gasteiger partial charge on any atom is -0.484 e. The topological polar surface area (TPSA) is 49.9 Å². The van der Waals surface area contributed by atoms with E-state index in [1.807, 2.05) is 50.4 Å². The summed E-state index contributed by atoms with van der Waals surface area (Å²) in [5, 5.41) is 2.00. The van der Waals surface area contributed by atoms with Crippen LogP contribution in [0.4, 0.5) is 4.39 Å². The number of ether oxygens (including phenoxy) is 1. The lowest BCUT2D eigenvalue weighted by Crippen LogP contribution is -2.45. The van der Waals surface area contributed by atoms with Crippen molar-refractivity contribution in [3.8, 4) is 5.75 Å². The van der Waals surface area contributed by atoms with Gasteiger partial charge in [-0.3, -0.25) is 9.59 Å². The van der Waals surface area contributed by atoms with Gasteiger partial charge in [-0.1, -0.05) is 44.2 Å². The maximum Gasteiger partial charge on any atom is 0.260 e. The molecule has 34 heavy (non-hydrogen) atoms. The monoisotopic (exact) mass is 482 g/mol. The van der Waals surface area contributed by atoms with Gasteiger partial charge in [-0.05, 0) is 59.7 Å². The van der Waals surface area contributed by atoms with Crippen LogP contribution in [0.15, 0.2) is 66.0 Å². The molecule has 3 rings (SSSR count). The van der Waals surface area contributed by atoms with Crippen LogP contribution >= 0.6 is 11.3 Å². The van der Waals surface area contributed by atoms with E-state index >= 15 is 0 Å². The zero-order valence-electron chi connectivity index (χ0n) is 19.9. The zero-order valence-corrected chi connectivity index (χ0v) is 20.7. The van der Waals surface area contributed by atoms with Crippen LogP contribution in [0.1, 0.15) is 29.9 Å². The average molecular weight is 483 g/mol. The number of carbonyl (C=O) groups excluding carboxylic acids is 2. The van der Waals surface area contributed by atoms with Gasteiger partial charge in [0, 0.05) is 18.0 Å². The van der Waals surface area contributed by atoms with E-state index in [-0.39, 0.29) is 36.7 Å². The van der Waals surface area contributed by atoms with Crippen LogP contribution in [0.5, 0.6) is 5.75 Å². The van der Waals surface area contributed by atoms with E-state index in [1.54, 1.807) is 45.4 Å².